The number of anilines is 1. The summed E-state index contributed by atoms with van der Waals surface area (Å²) in [6.45, 7) is 3.48. The van der Waals surface area contributed by atoms with E-state index >= 15 is 0 Å². The van der Waals surface area contributed by atoms with Crippen LogP contribution < -0.4 is 9.80 Å². The lowest BCUT2D eigenvalue weighted by Gasteiger charge is -2.42. The second kappa shape index (κ2) is 5.41. The lowest BCUT2D eigenvalue weighted by atomic mass is 9.68. The highest BCUT2D eigenvalue weighted by Gasteiger charge is 2.72. The molecule has 3 heterocycles. The zero-order valence-corrected chi connectivity index (χ0v) is 14.9. The number of quaternary nitrogens is 1. The van der Waals surface area contributed by atoms with Crippen LogP contribution in [-0.2, 0) is 9.59 Å². The van der Waals surface area contributed by atoms with Crippen LogP contribution in [0.4, 0.5) is 5.69 Å². The molecule has 3 saturated heterocycles. The summed E-state index contributed by atoms with van der Waals surface area (Å²) in [4.78, 5) is 29.9. The lowest BCUT2D eigenvalue weighted by Crippen LogP contribution is -3.20. The molecule has 1 aliphatic carbocycles. The van der Waals surface area contributed by atoms with Crippen LogP contribution in [0.5, 0.6) is 0 Å². The molecule has 0 bridgehead atoms. The molecule has 1 aromatic carbocycles. The Labute approximate surface area is 149 Å². The molecule has 0 radical (unpaired) electrons. The fraction of sp³-hybridized carbons (Fsp3) is 0.619. The first kappa shape index (κ1) is 15.6. The molecule has 1 unspecified atom stereocenters. The second-order valence-corrected chi connectivity index (χ2v) is 8.71. The second-order valence-electron chi connectivity index (χ2n) is 8.71. The predicted octanol–water partition coefficient (Wildman–Crippen LogP) is 1.80. The number of hydrogen-bond donors (Lipinski definition) is 1. The van der Waals surface area contributed by atoms with Gasteiger partial charge < -0.3 is 4.90 Å². The maximum Gasteiger partial charge on any atom is 0.244 e. The molecule has 3 aliphatic heterocycles. The van der Waals surface area contributed by atoms with Gasteiger partial charge in [0.2, 0.25) is 11.8 Å². The Bertz CT molecular complexity index is 708. The molecular formula is C21H27N2O2+. The number of imide groups is 1. The number of fused-ring (bicyclic) bond motifs is 5. The zero-order valence-electron chi connectivity index (χ0n) is 14.9. The maximum atomic E-state index is 13.5. The van der Waals surface area contributed by atoms with Crippen molar-refractivity contribution in [1.82, 2.24) is 0 Å². The average Bonchev–Trinajstić information content (AvgIpc) is 3.26. The third-order valence-corrected chi connectivity index (χ3v) is 7.61. The zero-order chi connectivity index (χ0) is 17.2. The average molecular weight is 339 g/mol. The van der Waals surface area contributed by atoms with Gasteiger partial charge >= 0.3 is 0 Å². The van der Waals surface area contributed by atoms with Crippen molar-refractivity contribution in [2.75, 3.05) is 11.4 Å². The van der Waals surface area contributed by atoms with E-state index in [1.807, 2.05) is 30.3 Å². The molecule has 4 heteroatoms. The van der Waals surface area contributed by atoms with Gasteiger partial charge in [-0.05, 0) is 30.9 Å². The van der Waals surface area contributed by atoms with Crippen LogP contribution in [0, 0.1) is 17.8 Å². The van der Waals surface area contributed by atoms with Gasteiger partial charge in [0.15, 0.2) is 0 Å². The number of amides is 2. The van der Waals surface area contributed by atoms with Crippen molar-refractivity contribution in [2.24, 2.45) is 17.8 Å². The van der Waals surface area contributed by atoms with Crippen LogP contribution in [0.25, 0.3) is 0 Å². The van der Waals surface area contributed by atoms with E-state index in [0.717, 1.165) is 37.4 Å². The Morgan fingerprint density at radius 3 is 2.48 bits per heavy atom. The summed E-state index contributed by atoms with van der Waals surface area (Å²) in [5.74, 6) is 0.730. The van der Waals surface area contributed by atoms with E-state index in [-0.39, 0.29) is 29.2 Å². The van der Waals surface area contributed by atoms with Crippen molar-refractivity contribution in [3.8, 4) is 0 Å². The molecule has 4 nitrogen and oxygen atoms in total. The number of rotatable bonds is 1. The van der Waals surface area contributed by atoms with Gasteiger partial charge in [-0.25, -0.2) is 4.90 Å². The van der Waals surface area contributed by atoms with Crippen molar-refractivity contribution < 1.29 is 14.5 Å². The third kappa shape index (κ3) is 1.97. The number of para-hydroxylation sites is 1. The first-order valence-electron chi connectivity index (χ1n) is 9.92. The molecule has 0 aromatic heterocycles. The van der Waals surface area contributed by atoms with E-state index in [4.69, 9.17) is 0 Å². The largest absolute Gasteiger partial charge is 0.326 e. The minimum atomic E-state index is -0.0898. The van der Waals surface area contributed by atoms with Gasteiger partial charge in [0.05, 0.1) is 12.2 Å². The molecule has 1 spiro atoms. The number of hydrogen-bond acceptors (Lipinski definition) is 2. The molecule has 4 aliphatic rings. The number of carbonyl (C=O) groups is 2. The molecule has 4 atom stereocenters. The van der Waals surface area contributed by atoms with Gasteiger partial charge in [-0.15, -0.1) is 0 Å². The molecule has 1 saturated carbocycles. The number of nitrogens with zero attached hydrogens (tertiary/aromatic N) is 1. The Hall–Kier alpha value is -1.68. The van der Waals surface area contributed by atoms with Crippen LogP contribution in [0.1, 0.15) is 45.4 Å². The highest BCUT2D eigenvalue weighted by Crippen LogP contribution is 2.49. The van der Waals surface area contributed by atoms with Gasteiger partial charge in [0.1, 0.15) is 23.4 Å². The van der Waals surface area contributed by atoms with Gasteiger partial charge in [-0.3, -0.25) is 9.59 Å². The lowest BCUT2D eigenvalue weighted by molar-refractivity contribution is -0.954. The van der Waals surface area contributed by atoms with E-state index in [1.54, 1.807) is 4.90 Å². The van der Waals surface area contributed by atoms with E-state index in [2.05, 4.69) is 6.92 Å². The first-order valence-corrected chi connectivity index (χ1v) is 9.92. The monoisotopic (exact) mass is 339 g/mol. The summed E-state index contributed by atoms with van der Waals surface area (Å²) in [5, 5.41) is 0. The topological polar surface area (TPSA) is 41.8 Å². The predicted molar refractivity (Wildman–Crippen MR) is 95.1 cm³/mol. The van der Waals surface area contributed by atoms with Crippen LogP contribution in [-0.4, -0.2) is 29.9 Å². The van der Waals surface area contributed by atoms with Crippen molar-refractivity contribution in [1.29, 1.82) is 0 Å². The Morgan fingerprint density at radius 2 is 1.76 bits per heavy atom. The highest BCUT2D eigenvalue weighted by molar-refractivity contribution is 6.22. The van der Waals surface area contributed by atoms with Crippen LogP contribution in [0.2, 0.25) is 0 Å². The van der Waals surface area contributed by atoms with Crippen molar-refractivity contribution >= 4 is 17.5 Å². The Morgan fingerprint density at radius 1 is 1.04 bits per heavy atom. The smallest absolute Gasteiger partial charge is 0.244 e. The minimum Gasteiger partial charge on any atom is -0.326 e. The first-order chi connectivity index (χ1) is 12.1. The number of carbonyl (C=O) groups excluding carboxylic acids is 2. The molecule has 2 amide bonds. The van der Waals surface area contributed by atoms with Crippen molar-refractivity contribution in [2.45, 2.75) is 57.0 Å². The molecule has 5 rings (SSSR count). The fourth-order valence-electron chi connectivity index (χ4n) is 6.50. The maximum absolute atomic E-state index is 13.5. The van der Waals surface area contributed by atoms with Crippen LogP contribution in [0.3, 0.4) is 0 Å². The van der Waals surface area contributed by atoms with Crippen molar-refractivity contribution in [3.63, 3.8) is 0 Å². The molecule has 1 N–H and O–H groups in total. The summed E-state index contributed by atoms with van der Waals surface area (Å²) < 4.78 is 0. The van der Waals surface area contributed by atoms with Crippen LogP contribution >= 0.6 is 0 Å². The summed E-state index contributed by atoms with van der Waals surface area (Å²) >= 11 is 0. The van der Waals surface area contributed by atoms with Gasteiger partial charge in [0, 0.05) is 25.7 Å². The molecule has 1 aromatic rings. The third-order valence-electron chi connectivity index (χ3n) is 7.61. The summed E-state index contributed by atoms with van der Waals surface area (Å²) in [6.07, 6.45) is 6.94. The van der Waals surface area contributed by atoms with Crippen LogP contribution in [0.15, 0.2) is 30.3 Å². The summed E-state index contributed by atoms with van der Waals surface area (Å²) in [7, 11) is 0. The van der Waals surface area contributed by atoms with Gasteiger partial charge in [-0.1, -0.05) is 25.1 Å². The standard InChI is InChI=1S/C21H26N2O2/c1-14-9-11-21(12-10-14)18-17(16-8-5-13-22(16)21)19(24)23(20(18)25)15-6-3-2-4-7-15/h2-4,6-7,14,16-18H,5,8-13H2,1H3/p+1/t14?,16-,17-,18+,21?/m1/s1. The highest BCUT2D eigenvalue weighted by atomic mass is 16.2. The Balaban J connectivity index is 1.58. The molecule has 25 heavy (non-hydrogen) atoms. The normalized spacial score (nSPS) is 42.9. The van der Waals surface area contributed by atoms with E-state index < -0.39 is 0 Å². The Kier molecular flexibility index (Phi) is 3.37. The summed E-state index contributed by atoms with van der Waals surface area (Å²) in [6, 6.07) is 9.91. The summed E-state index contributed by atoms with van der Waals surface area (Å²) in [5.41, 5.74) is 0.778. The van der Waals surface area contributed by atoms with E-state index in [0.29, 0.717) is 6.04 Å². The van der Waals surface area contributed by atoms with E-state index in [1.165, 1.54) is 24.2 Å². The quantitative estimate of drug-likeness (QED) is 0.793. The SMILES string of the molecule is CC1CCC2(CC1)[C@@H]1C(=O)N(c3ccccc3)C(=O)[C@@H]1[C@H]1CCC[NH+]12. The van der Waals surface area contributed by atoms with Crippen molar-refractivity contribution in [3.05, 3.63) is 30.3 Å². The van der Waals surface area contributed by atoms with Gasteiger partial charge in [-0.2, -0.15) is 0 Å². The molecular weight excluding hydrogens is 312 g/mol. The van der Waals surface area contributed by atoms with E-state index in [9.17, 15) is 9.59 Å². The fourth-order valence-corrected chi connectivity index (χ4v) is 6.50. The molecule has 132 valence electrons. The number of nitrogens with one attached hydrogen (secondary N) is 1. The minimum absolute atomic E-state index is 0.0224. The van der Waals surface area contributed by atoms with Gasteiger partial charge in [0.25, 0.3) is 0 Å². The molecule has 4 fully saturated rings. The number of benzene rings is 1.